The van der Waals surface area contributed by atoms with Crippen molar-refractivity contribution in [1.82, 2.24) is 4.98 Å². The molecule has 2 rings (SSSR count). The highest BCUT2D eigenvalue weighted by molar-refractivity contribution is 7.18. The van der Waals surface area contributed by atoms with Gasteiger partial charge in [0.05, 0.1) is 15.2 Å². The molecule has 1 N–H and O–H groups in total. The Labute approximate surface area is 116 Å². The number of benzene rings is 1. The molecular weight excluding hydrogens is 256 g/mol. The lowest BCUT2D eigenvalue weighted by molar-refractivity contribution is -0.112. The van der Waals surface area contributed by atoms with Crippen LogP contribution in [0.25, 0.3) is 10.2 Å². The lowest BCUT2D eigenvalue weighted by Crippen LogP contribution is -2.12. The molecule has 0 fully saturated rings. The number of nitrogens with one attached hydrogen (secondary N) is 1. The van der Waals surface area contributed by atoms with Gasteiger partial charge < -0.3 is 5.32 Å². The van der Waals surface area contributed by atoms with Crippen LogP contribution in [0, 0.1) is 13.8 Å². The summed E-state index contributed by atoms with van der Waals surface area (Å²) in [5.74, 6) is -0.120. The Morgan fingerprint density at radius 2 is 2.16 bits per heavy atom. The molecule has 3 nitrogen and oxygen atoms in total. The molecule has 0 radical (unpaired) electrons. The first-order chi connectivity index (χ1) is 9.01. The van der Waals surface area contributed by atoms with E-state index in [2.05, 4.69) is 16.9 Å². The van der Waals surface area contributed by atoms with Crippen LogP contribution < -0.4 is 5.32 Å². The Hall–Kier alpha value is -1.94. The zero-order chi connectivity index (χ0) is 14.0. The van der Waals surface area contributed by atoms with E-state index < -0.39 is 0 Å². The van der Waals surface area contributed by atoms with Gasteiger partial charge in [-0.05, 0) is 38.5 Å². The molecule has 0 unspecified atom stereocenters. The SMILES string of the molecule is C=C/C=C(\C)C(=O)Nc1cc(C)c2sc(C)nc2c1. The van der Waals surface area contributed by atoms with Gasteiger partial charge in [-0.25, -0.2) is 4.98 Å². The van der Waals surface area contributed by atoms with Crippen molar-refractivity contribution in [3.63, 3.8) is 0 Å². The van der Waals surface area contributed by atoms with E-state index in [1.54, 1.807) is 30.4 Å². The first kappa shape index (κ1) is 13.5. The Balaban J connectivity index is 2.33. The Bertz CT molecular complexity index is 683. The Kier molecular flexibility index (Phi) is 3.81. The molecule has 4 heteroatoms. The van der Waals surface area contributed by atoms with Crippen LogP contribution in [0.1, 0.15) is 17.5 Å². The topological polar surface area (TPSA) is 42.0 Å². The van der Waals surface area contributed by atoms with Crippen molar-refractivity contribution < 1.29 is 4.79 Å². The number of allylic oxidation sites excluding steroid dienone is 2. The van der Waals surface area contributed by atoms with E-state index in [1.807, 2.05) is 26.0 Å². The average Bonchev–Trinajstić information content (AvgIpc) is 2.70. The maximum absolute atomic E-state index is 11.9. The smallest absolute Gasteiger partial charge is 0.251 e. The molecule has 0 bridgehead atoms. The third-order valence-corrected chi connectivity index (χ3v) is 3.89. The molecule has 2 aromatic rings. The van der Waals surface area contributed by atoms with E-state index in [1.165, 1.54) is 4.70 Å². The first-order valence-electron chi connectivity index (χ1n) is 5.99. The number of anilines is 1. The lowest BCUT2D eigenvalue weighted by atomic mass is 10.2. The van der Waals surface area contributed by atoms with Gasteiger partial charge in [0.25, 0.3) is 5.91 Å². The van der Waals surface area contributed by atoms with Crippen molar-refractivity contribution in [2.75, 3.05) is 5.32 Å². The van der Waals surface area contributed by atoms with Crippen molar-refractivity contribution >= 4 is 33.1 Å². The summed E-state index contributed by atoms with van der Waals surface area (Å²) < 4.78 is 1.17. The zero-order valence-corrected chi connectivity index (χ0v) is 12.1. The number of aryl methyl sites for hydroxylation is 2. The Morgan fingerprint density at radius 1 is 1.42 bits per heavy atom. The second kappa shape index (κ2) is 5.36. The van der Waals surface area contributed by atoms with Gasteiger partial charge in [-0.2, -0.15) is 0 Å². The normalized spacial score (nSPS) is 11.6. The number of carbonyl (C=O) groups excluding carboxylic acids is 1. The number of carbonyl (C=O) groups is 1. The summed E-state index contributed by atoms with van der Waals surface area (Å²) in [6.45, 7) is 9.36. The summed E-state index contributed by atoms with van der Waals surface area (Å²) in [5, 5.41) is 3.91. The summed E-state index contributed by atoms with van der Waals surface area (Å²) in [6, 6.07) is 3.88. The molecule has 98 valence electrons. The molecule has 0 atom stereocenters. The van der Waals surface area contributed by atoms with Crippen LogP contribution in [0.4, 0.5) is 5.69 Å². The average molecular weight is 272 g/mol. The highest BCUT2D eigenvalue weighted by Crippen LogP contribution is 2.28. The summed E-state index contributed by atoms with van der Waals surface area (Å²) in [6.07, 6.45) is 3.29. The number of thiazole rings is 1. The number of hydrogen-bond acceptors (Lipinski definition) is 3. The van der Waals surface area contributed by atoms with Crippen molar-refractivity contribution in [2.24, 2.45) is 0 Å². The molecule has 1 aromatic carbocycles. The monoisotopic (exact) mass is 272 g/mol. The van der Waals surface area contributed by atoms with Crippen molar-refractivity contribution in [3.8, 4) is 0 Å². The van der Waals surface area contributed by atoms with Crippen LogP contribution in [0.2, 0.25) is 0 Å². The van der Waals surface area contributed by atoms with Gasteiger partial charge in [0.2, 0.25) is 0 Å². The van der Waals surface area contributed by atoms with Gasteiger partial charge in [0, 0.05) is 11.3 Å². The number of fused-ring (bicyclic) bond motifs is 1. The van der Waals surface area contributed by atoms with E-state index in [-0.39, 0.29) is 5.91 Å². The van der Waals surface area contributed by atoms with Crippen LogP contribution in [0.5, 0.6) is 0 Å². The fraction of sp³-hybridized carbons (Fsp3) is 0.200. The standard InChI is InChI=1S/C15H16N2OS/c1-5-6-9(2)15(18)17-12-7-10(3)14-13(8-12)16-11(4)19-14/h5-8H,1H2,2-4H3,(H,17,18)/b9-6+. The van der Waals surface area contributed by atoms with E-state index in [0.29, 0.717) is 5.57 Å². The van der Waals surface area contributed by atoms with Crippen molar-refractivity contribution in [2.45, 2.75) is 20.8 Å². The van der Waals surface area contributed by atoms with E-state index in [9.17, 15) is 4.79 Å². The quantitative estimate of drug-likeness (QED) is 0.678. The number of aromatic nitrogens is 1. The van der Waals surface area contributed by atoms with Crippen LogP contribution in [-0.4, -0.2) is 10.9 Å². The van der Waals surface area contributed by atoms with Gasteiger partial charge in [0.15, 0.2) is 0 Å². The third kappa shape index (κ3) is 2.90. The van der Waals surface area contributed by atoms with Gasteiger partial charge in [-0.15, -0.1) is 11.3 Å². The van der Waals surface area contributed by atoms with E-state index >= 15 is 0 Å². The molecule has 0 aliphatic heterocycles. The van der Waals surface area contributed by atoms with Crippen molar-refractivity contribution in [1.29, 1.82) is 0 Å². The predicted octanol–water partition coefficient (Wildman–Crippen LogP) is 3.98. The number of hydrogen-bond donors (Lipinski definition) is 1. The molecular formula is C15H16N2OS. The lowest BCUT2D eigenvalue weighted by Gasteiger charge is -2.06. The van der Waals surface area contributed by atoms with Crippen LogP contribution in [0.3, 0.4) is 0 Å². The summed E-state index contributed by atoms with van der Waals surface area (Å²) >= 11 is 1.67. The highest BCUT2D eigenvalue weighted by atomic mass is 32.1. The van der Waals surface area contributed by atoms with Gasteiger partial charge >= 0.3 is 0 Å². The number of amides is 1. The molecule has 0 saturated heterocycles. The molecule has 0 saturated carbocycles. The zero-order valence-electron chi connectivity index (χ0n) is 11.3. The molecule has 0 aliphatic carbocycles. The maximum atomic E-state index is 11.9. The highest BCUT2D eigenvalue weighted by Gasteiger charge is 2.09. The number of rotatable bonds is 3. The van der Waals surface area contributed by atoms with Gasteiger partial charge in [-0.3, -0.25) is 4.79 Å². The summed E-state index contributed by atoms with van der Waals surface area (Å²) in [5.41, 5.74) is 3.46. The van der Waals surface area contributed by atoms with E-state index in [0.717, 1.165) is 21.8 Å². The molecule has 19 heavy (non-hydrogen) atoms. The third-order valence-electron chi connectivity index (χ3n) is 2.77. The first-order valence-corrected chi connectivity index (χ1v) is 6.81. The second-order valence-corrected chi connectivity index (χ2v) is 5.62. The minimum Gasteiger partial charge on any atom is -0.322 e. The molecule has 0 spiro atoms. The van der Waals surface area contributed by atoms with Crippen LogP contribution in [-0.2, 0) is 4.79 Å². The second-order valence-electron chi connectivity index (χ2n) is 4.41. The van der Waals surface area contributed by atoms with E-state index in [4.69, 9.17) is 0 Å². The summed E-state index contributed by atoms with van der Waals surface area (Å²) in [7, 11) is 0. The van der Waals surface area contributed by atoms with Crippen LogP contribution >= 0.6 is 11.3 Å². The molecule has 1 heterocycles. The van der Waals surface area contributed by atoms with Gasteiger partial charge in [0.1, 0.15) is 0 Å². The molecule has 1 amide bonds. The van der Waals surface area contributed by atoms with Crippen molar-refractivity contribution in [3.05, 3.63) is 47.0 Å². The summed E-state index contributed by atoms with van der Waals surface area (Å²) in [4.78, 5) is 16.4. The largest absolute Gasteiger partial charge is 0.322 e. The van der Waals surface area contributed by atoms with Gasteiger partial charge in [-0.1, -0.05) is 18.7 Å². The molecule has 1 aromatic heterocycles. The fourth-order valence-corrected chi connectivity index (χ4v) is 2.73. The predicted molar refractivity (Wildman–Crippen MR) is 81.7 cm³/mol. The maximum Gasteiger partial charge on any atom is 0.251 e. The number of nitrogens with zero attached hydrogens (tertiary/aromatic N) is 1. The minimum absolute atomic E-state index is 0.120. The van der Waals surface area contributed by atoms with Crippen LogP contribution in [0.15, 0.2) is 36.4 Å². The minimum atomic E-state index is -0.120. The molecule has 0 aliphatic rings. The fourth-order valence-electron chi connectivity index (χ4n) is 1.87. The Morgan fingerprint density at radius 3 is 2.84 bits per heavy atom.